The highest BCUT2D eigenvalue weighted by Gasteiger charge is 2.30. The summed E-state index contributed by atoms with van der Waals surface area (Å²) in [7, 11) is 0. The minimum atomic E-state index is -2.98. The van der Waals surface area contributed by atoms with E-state index in [1.54, 1.807) is 24.6 Å². The van der Waals surface area contributed by atoms with Gasteiger partial charge < -0.3 is 15.4 Å². The molecule has 4 aromatic rings. The van der Waals surface area contributed by atoms with Crippen molar-refractivity contribution in [2.75, 3.05) is 0 Å². The average Bonchev–Trinajstić information content (AvgIpc) is 3.65. The van der Waals surface area contributed by atoms with Gasteiger partial charge in [-0.3, -0.25) is 14.4 Å². The first-order valence-corrected chi connectivity index (χ1v) is 13.2. The Kier molecular flexibility index (Phi) is 7.01. The summed E-state index contributed by atoms with van der Waals surface area (Å²) < 4.78 is 45.2. The first-order chi connectivity index (χ1) is 20.2. The SMILES string of the molecule is Cc1c(C(=O)C2=C[CH]2)ccc2c1CC[C@@H]2NC(=O)c1cc(C(=O)NCc2cccc(OC(F)F)c2)cc2c(F)cnn12.[HH].[HH].[HH]. The maximum absolute atomic E-state index is 14.6. The van der Waals surface area contributed by atoms with Crippen LogP contribution in [0.3, 0.4) is 0 Å². The van der Waals surface area contributed by atoms with Gasteiger partial charge in [-0.1, -0.05) is 30.3 Å². The van der Waals surface area contributed by atoms with Crippen molar-refractivity contribution >= 4 is 23.1 Å². The fourth-order valence-corrected chi connectivity index (χ4v) is 5.32. The Labute approximate surface area is 242 Å². The summed E-state index contributed by atoms with van der Waals surface area (Å²) >= 11 is 0. The molecule has 11 heteroatoms. The molecule has 8 nitrogen and oxygen atoms in total. The Morgan fingerprint density at radius 3 is 2.71 bits per heavy atom. The molecule has 0 spiro atoms. The van der Waals surface area contributed by atoms with E-state index in [4.69, 9.17) is 0 Å². The number of halogens is 3. The van der Waals surface area contributed by atoms with Gasteiger partial charge in [0, 0.05) is 33.9 Å². The first-order valence-electron chi connectivity index (χ1n) is 13.2. The summed E-state index contributed by atoms with van der Waals surface area (Å²) in [6, 6.07) is 11.8. The standard InChI is InChI=1S/C31H24F3N4O4.3H2/c1-16-21-9-10-25(23(21)8-7-22(16)28(39)18-5-6-18)37-30(41)27-13-19(12-26-24(32)15-36-38(26)27)29(40)35-14-17-3-2-4-20(11-17)42-31(33)34;;;/h2-8,11-13,15,25,31H,9-10,14H2,1H3,(H,35,40)(H,37,41);3*1H/t25-;;;/m0.../s1. The lowest BCUT2D eigenvalue weighted by Gasteiger charge is -2.17. The number of amides is 2. The molecule has 2 N–H and O–H groups in total. The maximum Gasteiger partial charge on any atom is 0.387 e. The molecule has 2 aromatic heterocycles. The van der Waals surface area contributed by atoms with Crippen LogP contribution in [0.2, 0.25) is 0 Å². The van der Waals surface area contributed by atoms with Crippen LogP contribution < -0.4 is 15.4 Å². The van der Waals surface area contributed by atoms with Crippen LogP contribution in [-0.2, 0) is 13.0 Å². The molecule has 0 bridgehead atoms. The minimum Gasteiger partial charge on any atom is -0.435 e. The van der Waals surface area contributed by atoms with Crippen molar-refractivity contribution in [3.63, 3.8) is 0 Å². The highest BCUT2D eigenvalue weighted by Crippen LogP contribution is 2.36. The molecule has 42 heavy (non-hydrogen) atoms. The van der Waals surface area contributed by atoms with Crippen LogP contribution in [0.25, 0.3) is 5.52 Å². The molecule has 1 atom stereocenters. The fourth-order valence-electron chi connectivity index (χ4n) is 5.32. The van der Waals surface area contributed by atoms with Gasteiger partial charge in [-0.25, -0.2) is 8.91 Å². The molecule has 219 valence electrons. The highest BCUT2D eigenvalue weighted by molar-refractivity contribution is 6.15. The van der Waals surface area contributed by atoms with E-state index in [1.165, 1.54) is 30.3 Å². The number of hydrogen-bond acceptors (Lipinski definition) is 5. The number of rotatable bonds is 9. The summed E-state index contributed by atoms with van der Waals surface area (Å²) in [4.78, 5) is 39.1. The van der Waals surface area contributed by atoms with Gasteiger partial charge in [0.2, 0.25) is 0 Å². The van der Waals surface area contributed by atoms with Crippen molar-refractivity contribution in [2.24, 2.45) is 0 Å². The minimum absolute atomic E-state index is 0. The zero-order chi connectivity index (χ0) is 29.5. The molecule has 2 aliphatic carbocycles. The topological polar surface area (TPSA) is 102 Å². The molecule has 2 amide bonds. The van der Waals surface area contributed by atoms with Crippen molar-refractivity contribution in [1.82, 2.24) is 20.2 Å². The number of carbonyl (C=O) groups excluding carboxylic acids is 3. The molecular weight excluding hydrogens is 549 g/mol. The van der Waals surface area contributed by atoms with E-state index in [1.807, 2.05) is 13.0 Å². The summed E-state index contributed by atoms with van der Waals surface area (Å²) in [5.41, 5.74) is 4.55. The number of hydrogen-bond donors (Lipinski definition) is 2. The number of Topliss-reactive ketones (excluding diaryl/α,β-unsaturated/α-hetero) is 1. The van der Waals surface area contributed by atoms with Crippen molar-refractivity contribution in [3.8, 4) is 5.75 Å². The second kappa shape index (κ2) is 10.8. The van der Waals surface area contributed by atoms with Gasteiger partial charge in [0.05, 0.1) is 12.2 Å². The molecule has 2 aliphatic rings. The van der Waals surface area contributed by atoms with E-state index in [-0.39, 0.29) is 45.2 Å². The Hall–Kier alpha value is -4.93. The third-order valence-corrected chi connectivity index (χ3v) is 7.48. The lowest BCUT2D eigenvalue weighted by molar-refractivity contribution is -0.0499. The van der Waals surface area contributed by atoms with E-state index in [2.05, 4.69) is 20.5 Å². The monoisotopic (exact) mass is 579 g/mol. The van der Waals surface area contributed by atoms with Crippen molar-refractivity contribution in [3.05, 3.63) is 118 Å². The number of carbonyl (C=O) groups is 3. The third-order valence-electron chi connectivity index (χ3n) is 7.48. The van der Waals surface area contributed by atoms with Crippen LogP contribution in [0.15, 0.2) is 66.4 Å². The van der Waals surface area contributed by atoms with Crippen LogP contribution in [0, 0.1) is 19.2 Å². The lowest BCUT2D eigenvalue weighted by Crippen LogP contribution is -2.30. The predicted molar refractivity (Wildman–Crippen MR) is 152 cm³/mol. The molecule has 2 heterocycles. The van der Waals surface area contributed by atoms with Gasteiger partial charge in [-0.2, -0.15) is 13.9 Å². The Bertz CT molecular complexity index is 1810. The van der Waals surface area contributed by atoms with Crippen LogP contribution in [0.1, 0.15) is 70.2 Å². The molecule has 1 radical (unpaired) electrons. The summed E-state index contributed by atoms with van der Waals surface area (Å²) in [5, 5.41) is 9.62. The molecule has 0 saturated heterocycles. The largest absolute Gasteiger partial charge is 0.435 e. The number of fused-ring (bicyclic) bond motifs is 2. The molecule has 6 rings (SSSR count). The summed E-state index contributed by atoms with van der Waals surface area (Å²) in [5.74, 6) is -1.94. The zero-order valence-corrected chi connectivity index (χ0v) is 22.3. The number of nitrogens with one attached hydrogen (secondary N) is 2. The first kappa shape index (κ1) is 27.3. The smallest absolute Gasteiger partial charge is 0.387 e. The average molecular weight is 580 g/mol. The van der Waals surface area contributed by atoms with Gasteiger partial charge in [-0.05, 0) is 66.3 Å². The Morgan fingerprint density at radius 2 is 1.95 bits per heavy atom. The number of aromatic nitrogens is 2. The number of alkyl halides is 2. The Balaban J connectivity index is 0.00000184. The Morgan fingerprint density at radius 1 is 1.14 bits per heavy atom. The zero-order valence-electron chi connectivity index (χ0n) is 22.3. The molecule has 0 aliphatic heterocycles. The van der Waals surface area contributed by atoms with E-state index in [0.717, 1.165) is 27.4 Å². The summed E-state index contributed by atoms with van der Waals surface area (Å²) in [6.07, 6.45) is 5.79. The number of pyridine rings is 1. The second-order valence-electron chi connectivity index (χ2n) is 10.1. The van der Waals surface area contributed by atoms with E-state index >= 15 is 0 Å². The fraction of sp³-hybridized carbons (Fsp3) is 0.194. The molecular formula is C31H30F3N4O4. The second-order valence-corrected chi connectivity index (χ2v) is 10.1. The maximum atomic E-state index is 14.6. The molecule has 2 aromatic carbocycles. The molecule has 0 saturated carbocycles. The van der Waals surface area contributed by atoms with Gasteiger partial charge in [0.15, 0.2) is 11.6 Å². The van der Waals surface area contributed by atoms with Gasteiger partial charge in [0.25, 0.3) is 11.8 Å². The van der Waals surface area contributed by atoms with Gasteiger partial charge in [0.1, 0.15) is 17.0 Å². The number of ether oxygens (including phenoxy) is 1. The number of benzene rings is 2. The third kappa shape index (κ3) is 5.25. The molecule has 0 unspecified atom stereocenters. The van der Waals surface area contributed by atoms with E-state index in [0.29, 0.717) is 29.5 Å². The van der Waals surface area contributed by atoms with Crippen LogP contribution in [0.4, 0.5) is 13.2 Å². The number of ketones is 1. The number of allylic oxidation sites excluding steroid dienone is 2. The quantitative estimate of drug-likeness (QED) is 0.244. The van der Waals surface area contributed by atoms with E-state index < -0.39 is 24.2 Å². The predicted octanol–water partition coefficient (Wildman–Crippen LogP) is 5.80. The van der Waals surface area contributed by atoms with E-state index in [9.17, 15) is 27.6 Å². The van der Waals surface area contributed by atoms with Crippen LogP contribution in [0.5, 0.6) is 5.75 Å². The normalized spacial score (nSPS) is 15.4. The lowest BCUT2D eigenvalue weighted by atomic mass is 9.94. The summed E-state index contributed by atoms with van der Waals surface area (Å²) in [6.45, 7) is -1.10. The van der Waals surface area contributed by atoms with Crippen molar-refractivity contribution < 1.29 is 36.6 Å². The highest BCUT2D eigenvalue weighted by atomic mass is 19.3. The number of nitrogens with zero attached hydrogens (tertiary/aromatic N) is 2. The van der Waals surface area contributed by atoms with Gasteiger partial charge >= 0.3 is 6.61 Å². The van der Waals surface area contributed by atoms with Gasteiger partial charge in [-0.15, -0.1) is 0 Å². The molecule has 0 fully saturated rings. The van der Waals surface area contributed by atoms with Crippen LogP contribution >= 0.6 is 0 Å². The van der Waals surface area contributed by atoms with Crippen LogP contribution in [-0.4, -0.2) is 33.8 Å². The van der Waals surface area contributed by atoms with Crippen molar-refractivity contribution in [1.29, 1.82) is 0 Å². The van der Waals surface area contributed by atoms with Crippen molar-refractivity contribution in [2.45, 2.75) is 39.0 Å².